The molecule has 5 heteroatoms. The maximum absolute atomic E-state index is 13.0. The van der Waals surface area contributed by atoms with E-state index in [1.54, 1.807) is 0 Å². The van der Waals surface area contributed by atoms with Crippen molar-refractivity contribution in [2.24, 2.45) is 0 Å². The summed E-state index contributed by atoms with van der Waals surface area (Å²) in [5.41, 5.74) is 0.654. The number of nitrogens with one attached hydrogen (secondary N) is 1. The number of rotatable bonds is 6. The molecule has 18 heavy (non-hydrogen) atoms. The second-order valence-corrected chi connectivity index (χ2v) is 4.12. The molecular weight excluding hydrogens is 240 g/mol. The fraction of sp³-hybridized carbons (Fsp3) is 0.462. The molecular formula is C13H17F2NO2. The van der Waals surface area contributed by atoms with Gasteiger partial charge in [-0.2, -0.15) is 0 Å². The van der Waals surface area contributed by atoms with Crippen molar-refractivity contribution in [2.45, 2.75) is 19.3 Å². The van der Waals surface area contributed by atoms with Gasteiger partial charge in [0.2, 0.25) is 5.91 Å². The highest BCUT2D eigenvalue weighted by molar-refractivity contribution is 5.76. The van der Waals surface area contributed by atoms with Crippen LogP contribution in [0.3, 0.4) is 0 Å². The fourth-order valence-corrected chi connectivity index (χ4v) is 1.49. The maximum Gasteiger partial charge on any atom is 0.222 e. The smallest absolute Gasteiger partial charge is 0.222 e. The number of carbonyl (C=O) groups is 1. The van der Waals surface area contributed by atoms with Crippen LogP contribution in [0.2, 0.25) is 0 Å². The Labute approximate surface area is 105 Å². The normalized spacial score (nSPS) is 12.2. The largest absolute Gasteiger partial charge is 0.384 e. The van der Waals surface area contributed by atoms with E-state index in [1.807, 2.05) is 6.92 Å². The summed E-state index contributed by atoms with van der Waals surface area (Å²) < 4.78 is 30.6. The van der Waals surface area contributed by atoms with Gasteiger partial charge in [0.25, 0.3) is 0 Å². The van der Waals surface area contributed by atoms with Gasteiger partial charge in [-0.3, -0.25) is 4.79 Å². The molecule has 1 N–H and O–H groups in total. The second kappa shape index (κ2) is 7.06. The standard InChI is InChI=1S/C13H17F2NO2/c1-9(8-16-13(17)5-6-18-2)10-3-4-11(14)12(15)7-10/h3-4,7,9H,5-6,8H2,1-2H3,(H,16,17)/t9-/m0/s1. The van der Waals surface area contributed by atoms with Gasteiger partial charge in [0.05, 0.1) is 6.61 Å². The first-order valence-electron chi connectivity index (χ1n) is 5.75. The van der Waals surface area contributed by atoms with E-state index in [1.165, 1.54) is 13.2 Å². The molecule has 0 aromatic heterocycles. The summed E-state index contributed by atoms with van der Waals surface area (Å²) in [7, 11) is 1.52. The van der Waals surface area contributed by atoms with Crippen LogP contribution in [-0.2, 0) is 9.53 Å². The van der Waals surface area contributed by atoms with Crippen molar-refractivity contribution >= 4 is 5.91 Å². The fourth-order valence-electron chi connectivity index (χ4n) is 1.49. The number of carbonyl (C=O) groups excluding carboxylic acids is 1. The highest BCUT2D eigenvalue weighted by atomic mass is 19.2. The number of methoxy groups -OCH3 is 1. The van der Waals surface area contributed by atoms with Crippen LogP contribution < -0.4 is 5.32 Å². The molecule has 3 nitrogen and oxygen atoms in total. The summed E-state index contributed by atoms with van der Waals surface area (Å²) in [5.74, 6) is -1.93. The van der Waals surface area contributed by atoms with Gasteiger partial charge in [0.1, 0.15) is 0 Å². The number of halogens is 2. The third-order valence-corrected chi connectivity index (χ3v) is 2.65. The first kappa shape index (κ1) is 14.6. The van der Waals surface area contributed by atoms with E-state index in [4.69, 9.17) is 4.74 Å². The molecule has 0 aliphatic rings. The molecule has 1 amide bonds. The summed E-state index contributed by atoms with van der Waals surface area (Å²) in [6, 6.07) is 3.76. The average molecular weight is 257 g/mol. The van der Waals surface area contributed by atoms with E-state index in [9.17, 15) is 13.6 Å². The molecule has 0 radical (unpaired) electrons. The van der Waals surface area contributed by atoms with Gasteiger partial charge in [0.15, 0.2) is 11.6 Å². The van der Waals surface area contributed by atoms with E-state index < -0.39 is 11.6 Å². The number of amides is 1. The minimum atomic E-state index is -0.870. The molecule has 0 unspecified atom stereocenters. The Morgan fingerprint density at radius 1 is 1.39 bits per heavy atom. The summed E-state index contributed by atoms with van der Waals surface area (Å²) in [6.45, 7) is 2.59. The van der Waals surface area contributed by atoms with Gasteiger partial charge in [-0.05, 0) is 23.6 Å². The van der Waals surface area contributed by atoms with Crippen LogP contribution in [0.25, 0.3) is 0 Å². The van der Waals surface area contributed by atoms with Gasteiger partial charge in [-0.1, -0.05) is 13.0 Å². The topological polar surface area (TPSA) is 38.3 Å². The van der Waals surface area contributed by atoms with E-state index in [-0.39, 0.29) is 11.8 Å². The van der Waals surface area contributed by atoms with Crippen molar-refractivity contribution in [3.8, 4) is 0 Å². The predicted octanol–water partition coefficient (Wildman–Crippen LogP) is 2.22. The lowest BCUT2D eigenvalue weighted by Crippen LogP contribution is -2.28. The molecule has 0 bridgehead atoms. The first-order valence-corrected chi connectivity index (χ1v) is 5.75. The van der Waals surface area contributed by atoms with E-state index in [0.29, 0.717) is 25.1 Å². The number of ether oxygens (including phenoxy) is 1. The molecule has 1 atom stereocenters. The Balaban J connectivity index is 2.47. The van der Waals surface area contributed by atoms with Crippen LogP contribution in [0.1, 0.15) is 24.8 Å². The van der Waals surface area contributed by atoms with Crippen molar-refractivity contribution in [1.82, 2.24) is 5.32 Å². The highest BCUT2D eigenvalue weighted by Gasteiger charge is 2.10. The molecule has 100 valence electrons. The summed E-state index contributed by atoms with van der Waals surface area (Å²) in [5, 5.41) is 2.71. The molecule has 0 saturated carbocycles. The maximum atomic E-state index is 13.0. The lowest BCUT2D eigenvalue weighted by atomic mass is 10.0. The van der Waals surface area contributed by atoms with Gasteiger partial charge < -0.3 is 10.1 Å². The van der Waals surface area contributed by atoms with Crippen molar-refractivity contribution in [1.29, 1.82) is 0 Å². The molecule has 0 saturated heterocycles. The number of hydrogen-bond acceptors (Lipinski definition) is 2. The quantitative estimate of drug-likeness (QED) is 0.848. The summed E-state index contributed by atoms with van der Waals surface area (Å²) in [4.78, 5) is 11.3. The van der Waals surface area contributed by atoms with Crippen LogP contribution in [0, 0.1) is 11.6 Å². The van der Waals surface area contributed by atoms with E-state index >= 15 is 0 Å². The van der Waals surface area contributed by atoms with Crippen LogP contribution in [0.15, 0.2) is 18.2 Å². The number of benzene rings is 1. The van der Waals surface area contributed by atoms with Crippen molar-refractivity contribution in [2.75, 3.05) is 20.3 Å². The molecule has 1 aromatic rings. The van der Waals surface area contributed by atoms with Crippen molar-refractivity contribution in [3.63, 3.8) is 0 Å². The van der Waals surface area contributed by atoms with Crippen LogP contribution in [0.5, 0.6) is 0 Å². The lowest BCUT2D eigenvalue weighted by molar-refractivity contribution is -0.122. The highest BCUT2D eigenvalue weighted by Crippen LogP contribution is 2.17. The lowest BCUT2D eigenvalue weighted by Gasteiger charge is -2.13. The van der Waals surface area contributed by atoms with E-state index in [0.717, 1.165) is 12.1 Å². The third kappa shape index (κ3) is 4.41. The average Bonchev–Trinajstić information content (AvgIpc) is 2.36. The van der Waals surface area contributed by atoms with E-state index in [2.05, 4.69) is 5.32 Å². The van der Waals surface area contributed by atoms with Crippen LogP contribution in [0.4, 0.5) is 8.78 Å². The van der Waals surface area contributed by atoms with Crippen LogP contribution >= 0.6 is 0 Å². The van der Waals surface area contributed by atoms with Gasteiger partial charge in [-0.15, -0.1) is 0 Å². The Kier molecular flexibility index (Phi) is 5.71. The minimum Gasteiger partial charge on any atom is -0.384 e. The third-order valence-electron chi connectivity index (χ3n) is 2.65. The van der Waals surface area contributed by atoms with Gasteiger partial charge in [0, 0.05) is 20.1 Å². The molecule has 0 fully saturated rings. The van der Waals surface area contributed by atoms with Crippen molar-refractivity contribution < 1.29 is 18.3 Å². The SMILES string of the molecule is COCCC(=O)NC[C@H](C)c1ccc(F)c(F)c1. The zero-order valence-electron chi connectivity index (χ0n) is 10.5. The molecule has 1 aromatic carbocycles. The summed E-state index contributed by atoms with van der Waals surface area (Å²) in [6.07, 6.45) is 0.293. The second-order valence-electron chi connectivity index (χ2n) is 4.12. The minimum absolute atomic E-state index is 0.0772. The van der Waals surface area contributed by atoms with Crippen LogP contribution in [-0.4, -0.2) is 26.2 Å². The first-order chi connectivity index (χ1) is 8.54. The number of hydrogen-bond donors (Lipinski definition) is 1. The monoisotopic (exact) mass is 257 g/mol. The molecule has 1 rings (SSSR count). The Morgan fingerprint density at radius 2 is 2.11 bits per heavy atom. The summed E-state index contributed by atoms with van der Waals surface area (Å²) >= 11 is 0. The van der Waals surface area contributed by atoms with Gasteiger partial charge in [-0.25, -0.2) is 8.78 Å². The molecule has 0 aliphatic heterocycles. The molecule has 0 spiro atoms. The van der Waals surface area contributed by atoms with Gasteiger partial charge >= 0.3 is 0 Å². The zero-order chi connectivity index (χ0) is 13.5. The Bertz CT molecular complexity index is 410. The predicted molar refractivity (Wildman–Crippen MR) is 64.3 cm³/mol. The molecule has 0 heterocycles. The zero-order valence-corrected chi connectivity index (χ0v) is 10.5. The Morgan fingerprint density at radius 3 is 2.72 bits per heavy atom. The van der Waals surface area contributed by atoms with Crippen molar-refractivity contribution in [3.05, 3.63) is 35.4 Å². The Hall–Kier alpha value is -1.49. The molecule has 0 aliphatic carbocycles.